The molecule has 5 rings (SSSR count). The summed E-state index contributed by atoms with van der Waals surface area (Å²) in [6.45, 7) is 4.47. The number of halogens is 1. The lowest BCUT2D eigenvalue weighted by Gasteiger charge is -2.52. The average Bonchev–Trinajstić information content (AvgIpc) is 3.42. The minimum Gasteiger partial charge on any atom is -0.493 e. The van der Waals surface area contributed by atoms with Crippen LogP contribution in [0.3, 0.4) is 0 Å². The number of nitrogens with one attached hydrogen (secondary N) is 2. The van der Waals surface area contributed by atoms with Crippen LogP contribution in [0.25, 0.3) is 10.9 Å². The van der Waals surface area contributed by atoms with Gasteiger partial charge in [-0.3, -0.25) is 9.78 Å². The summed E-state index contributed by atoms with van der Waals surface area (Å²) < 4.78 is 20.1. The average molecular weight is 358 g/mol. The van der Waals surface area contributed by atoms with E-state index in [2.05, 4.69) is 20.2 Å². The standard InChI is InChI=1S/C19H23FN4O2/c20-14-7-13(26-9-12-1-2-12)8-15-16(14)17(25)23-18(22-15)24-10-19(11-24)3-5-21-6-4-19/h7-8,12,21H,1-6,9-11H2,(H,22,23,25). The Morgan fingerprint density at radius 3 is 2.77 bits per heavy atom. The molecule has 1 aliphatic carbocycles. The third kappa shape index (κ3) is 2.84. The van der Waals surface area contributed by atoms with Crippen molar-refractivity contribution < 1.29 is 9.13 Å². The lowest BCUT2D eigenvalue weighted by molar-refractivity contribution is 0.148. The van der Waals surface area contributed by atoms with E-state index in [0.29, 0.717) is 35.2 Å². The van der Waals surface area contributed by atoms with E-state index in [4.69, 9.17) is 4.74 Å². The normalized spacial score (nSPS) is 21.8. The zero-order valence-electron chi connectivity index (χ0n) is 14.7. The van der Waals surface area contributed by atoms with Crippen LogP contribution in [0, 0.1) is 17.2 Å². The lowest BCUT2D eigenvalue weighted by atomic mass is 9.72. The molecule has 1 aromatic carbocycles. The number of aromatic amines is 1. The van der Waals surface area contributed by atoms with E-state index in [-0.39, 0.29) is 5.39 Å². The molecule has 2 saturated heterocycles. The Hall–Kier alpha value is -2.15. The number of hydrogen-bond acceptors (Lipinski definition) is 5. The van der Waals surface area contributed by atoms with Crippen LogP contribution >= 0.6 is 0 Å². The van der Waals surface area contributed by atoms with E-state index in [0.717, 1.165) is 39.0 Å². The van der Waals surface area contributed by atoms with Gasteiger partial charge in [0.05, 0.1) is 12.1 Å². The quantitative estimate of drug-likeness (QED) is 0.875. The summed E-state index contributed by atoms with van der Waals surface area (Å²) in [5.41, 5.74) is 0.266. The van der Waals surface area contributed by atoms with Crippen molar-refractivity contribution in [3.63, 3.8) is 0 Å². The van der Waals surface area contributed by atoms with Crippen LogP contribution in [0.15, 0.2) is 16.9 Å². The van der Waals surface area contributed by atoms with Gasteiger partial charge in [-0.25, -0.2) is 9.37 Å². The SMILES string of the molecule is O=c1[nH]c(N2CC3(CCNCC3)C2)nc2cc(OCC3CC3)cc(F)c12. The number of anilines is 1. The number of fused-ring (bicyclic) bond motifs is 1. The number of ether oxygens (including phenoxy) is 1. The van der Waals surface area contributed by atoms with Gasteiger partial charge in [-0.1, -0.05) is 0 Å². The van der Waals surface area contributed by atoms with Crippen molar-refractivity contribution in [3.05, 3.63) is 28.3 Å². The summed E-state index contributed by atoms with van der Waals surface area (Å²) in [4.78, 5) is 21.8. The second-order valence-electron chi connectivity index (χ2n) is 8.05. The molecule has 26 heavy (non-hydrogen) atoms. The van der Waals surface area contributed by atoms with Crippen LogP contribution in [0.5, 0.6) is 5.75 Å². The van der Waals surface area contributed by atoms with Crippen LogP contribution in [0.2, 0.25) is 0 Å². The molecule has 1 aromatic heterocycles. The predicted octanol–water partition coefficient (Wildman–Crippen LogP) is 2.04. The highest BCUT2D eigenvalue weighted by molar-refractivity contribution is 5.81. The molecule has 0 unspecified atom stereocenters. The Bertz CT molecular complexity index is 894. The monoisotopic (exact) mass is 358 g/mol. The minimum atomic E-state index is -0.577. The molecule has 6 nitrogen and oxygen atoms in total. The minimum absolute atomic E-state index is 0.00428. The van der Waals surface area contributed by atoms with Crippen molar-refractivity contribution in [3.8, 4) is 5.75 Å². The molecule has 3 heterocycles. The molecule has 1 spiro atoms. The van der Waals surface area contributed by atoms with Crippen LogP contribution in [0.1, 0.15) is 25.7 Å². The van der Waals surface area contributed by atoms with Crippen molar-refractivity contribution in [2.75, 3.05) is 37.7 Å². The number of hydrogen-bond donors (Lipinski definition) is 2. The number of rotatable bonds is 4. The van der Waals surface area contributed by atoms with Crippen LogP contribution in [-0.2, 0) is 0 Å². The van der Waals surface area contributed by atoms with Gasteiger partial charge in [-0.05, 0) is 44.7 Å². The number of benzene rings is 1. The predicted molar refractivity (Wildman–Crippen MR) is 97.3 cm³/mol. The van der Waals surface area contributed by atoms with E-state index in [1.807, 2.05) is 0 Å². The summed E-state index contributed by atoms with van der Waals surface area (Å²) in [6, 6.07) is 2.97. The van der Waals surface area contributed by atoms with E-state index >= 15 is 0 Å². The molecule has 0 radical (unpaired) electrons. The van der Waals surface area contributed by atoms with Crippen molar-refractivity contribution in [1.82, 2.24) is 15.3 Å². The Kier molecular flexibility index (Phi) is 3.67. The zero-order chi connectivity index (χ0) is 17.7. The molecule has 138 valence electrons. The molecule has 0 bridgehead atoms. The third-order valence-electron chi connectivity index (χ3n) is 5.92. The molecule has 2 aliphatic heterocycles. The maximum Gasteiger partial charge on any atom is 0.263 e. The smallest absolute Gasteiger partial charge is 0.263 e. The van der Waals surface area contributed by atoms with Gasteiger partial charge < -0.3 is 15.0 Å². The van der Waals surface area contributed by atoms with Crippen molar-refractivity contribution in [2.24, 2.45) is 11.3 Å². The molecule has 3 aliphatic rings. The fourth-order valence-electron chi connectivity index (χ4n) is 4.11. The topological polar surface area (TPSA) is 70.2 Å². The van der Waals surface area contributed by atoms with E-state index in [1.54, 1.807) is 6.07 Å². The molecule has 0 atom stereocenters. The van der Waals surface area contributed by atoms with Gasteiger partial charge in [0, 0.05) is 30.6 Å². The Labute approximate surface area is 150 Å². The van der Waals surface area contributed by atoms with Crippen molar-refractivity contribution in [1.29, 1.82) is 0 Å². The highest BCUT2D eigenvalue weighted by atomic mass is 19.1. The summed E-state index contributed by atoms with van der Waals surface area (Å²) in [5.74, 6) is 0.987. The van der Waals surface area contributed by atoms with Gasteiger partial charge in [0.2, 0.25) is 5.95 Å². The maximum absolute atomic E-state index is 14.4. The molecular formula is C19H23FN4O2. The Morgan fingerprint density at radius 1 is 1.27 bits per heavy atom. The first kappa shape index (κ1) is 16.1. The summed E-state index contributed by atoms with van der Waals surface area (Å²) >= 11 is 0. The molecule has 0 amide bonds. The first-order valence-electron chi connectivity index (χ1n) is 9.44. The second-order valence-corrected chi connectivity index (χ2v) is 8.05. The molecular weight excluding hydrogens is 335 g/mol. The van der Waals surface area contributed by atoms with Crippen molar-refractivity contribution >= 4 is 16.9 Å². The van der Waals surface area contributed by atoms with Gasteiger partial charge >= 0.3 is 0 Å². The van der Waals surface area contributed by atoms with E-state index < -0.39 is 11.4 Å². The maximum atomic E-state index is 14.4. The molecule has 1 saturated carbocycles. The van der Waals surface area contributed by atoms with Gasteiger partial charge in [-0.15, -0.1) is 0 Å². The summed E-state index contributed by atoms with van der Waals surface area (Å²) in [5, 5.41) is 3.39. The first-order chi connectivity index (χ1) is 12.6. The lowest BCUT2D eigenvalue weighted by Crippen LogP contribution is -2.60. The molecule has 2 N–H and O–H groups in total. The largest absolute Gasteiger partial charge is 0.493 e. The van der Waals surface area contributed by atoms with Gasteiger partial charge in [-0.2, -0.15) is 0 Å². The van der Waals surface area contributed by atoms with E-state index in [1.165, 1.54) is 18.9 Å². The van der Waals surface area contributed by atoms with Crippen LogP contribution < -0.4 is 20.5 Å². The van der Waals surface area contributed by atoms with Gasteiger partial charge in [0.1, 0.15) is 17.0 Å². The number of piperidine rings is 1. The molecule has 2 aromatic rings. The number of H-pyrrole nitrogens is 1. The summed E-state index contributed by atoms with van der Waals surface area (Å²) in [7, 11) is 0. The van der Waals surface area contributed by atoms with Gasteiger partial charge in [0.15, 0.2) is 0 Å². The third-order valence-corrected chi connectivity index (χ3v) is 5.92. The Balaban J connectivity index is 1.42. The molecule has 7 heteroatoms. The highest BCUT2D eigenvalue weighted by Gasteiger charge is 2.44. The summed E-state index contributed by atoms with van der Waals surface area (Å²) in [6.07, 6.45) is 4.64. The van der Waals surface area contributed by atoms with Crippen molar-refractivity contribution in [2.45, 2.75) is 25.7 Å². The highest BCUT2D eigenvalue weighted by Crippen LogP contribution is 2.40. The zero-order valence-corrected chi connectivity index (χ0v) is 14.7. The number of aromatic nitrogens is 2. The molecule has 3 fully saturated rings. The first-order valence-corrected chi connectivity index (χ1v) is 9.44. The fourth-order valence-corrected chi connectivity index (χ4v) is 4.11. The second kappa shape index (κ2) is 5.94. The van der Waals surface area contributed by atoms with Gasteiger partial charge in [0.25, 0.3) is 5.56 Å². The van der Waals surface area contributed by atoms with Crippen LogP contribution in [0.4, 0.5) is 10.3 Å². The van der Waals surface area contributed by atoms with Crippen LogP contribution in [-0.4, -0.2) is 42.8 Å². The Morgan fingerprint density at radius 2 is 2.04 bits per heavy atom. The fraction of sp³-hybridized carbons (Fsp3) is 0.579. The number of nitrogens with zero attached hydrogens (tertiary/aromatic N) is 2. The van der Waals surface area contributed by atoms with E-state index in [9.17, 15) is 9.18 Å².